The van der Waals surface area contributed by atoms with Crippen LogP contribution in [-0.2, 0) is 20.8 Å². The lowest BCUT2D eigenvalue weighted by molar-refractivity contribution is 0.0956. The lowest BCUT2D eigenvalue weighted by Gasteiger charge is -2.04. The van der Waals surface area contributed by atoms with Gasteiger partial charge in [0.25, 0.3) is 5.91 Å². The molecule has 19 heavy (non-hydrogen) atoms. The molecular weight excluding hydrogens is 308 g/mol. The van der Waals surface area contributed by atoms with E-state index in [-0.39, 0.29) is 15.7 Å². The lowest BCUT2D eigenvalue weighted by atomic mass is 10.2. The van der Waals surface area contributed by atoms with Crippen LogP contribution < -0.4 is 10.5 Å². The number of amides is 1. The minimum atomic E-state index is -3.79. The Balaban J connectivity index is 2.74. The first-order valence-corrected chi connectivity index (χ1v) is 9.42. The highest BCUT2D eigenvalue weighted by Crippen LogP contribution is 2.25. The average Bonchev–Trinajstić information content (AvgIpc) is 2.70. The van der Waals surface area contributed by atoms with E-state index in [1.165, 1.54) is 12.3 Å². The molecule has 1 aromatic heterocycles. The first-order valence-electron chi connectivity index (χ1n) is 5.51. The zero-order chi connectivity index (χ0) is 14.6. The van der Waals surface area contributed by atoms with Gasteiger partial charge >= 0.3 is 0 Å². The highest BCUT2D eigenvalue weighted by molar-refractivity contribution is 7.91. The van der Waals surface area contributed by atoms with Gasteiger partial charge < -0.3 is 5.32 Å². The smallest absolute Gasteiger partial charge is 0.252 e. The van der Waals surface area contributed by atoms with Gasteiger partial charge in [-0.2, -0.15) is 0 Å². The Morgan fingerprint density at radius 3 is 2.63 bits per heavy atom. The fourth-order valence-electron chi connectivity index (χ4n) is 1.42. The number of thiophene rings is 1. The second kappa shape index (κ2) is 6.60. The molecule has 6 nitrogen and oxygen atoms in total. The molecule has 0 saturated heterocycles. The normalized spacial score (nSPS) is 13.2. The fourth-order valence-corrected chi connectivity index (χ4v) is 4.05. The summed E-state index contributed by atoms with van der Waals surface area (Å²) in [4.78, 5) is 11.8. The molecule has 1 atom stereocenters. The highest BCUT2D eigenvalue weighted by atomic mass is 32.2. The summed E-state index contributed by atoms with van der Waals surface area (Å²) in [5.74, 6) is 0.549. The van der Waals surface area contributed by atoms with Crippen molar-refractivity contribution >= 4 is 38.1 Å². The summed E-state index contributed by atoms with van der Waals surface area (Å²) in [5.41, 5.74) is 0.637. The predicted molar refractivity (Wildman–Crippen MR) is 76.3 cm³/mol. The van der Waals surface area contributed by atoms with Crippen LogP contribution in [0.4, 0.5) is 0 Å². The minimum Gasteiger partial charge on any atom is -0.351 e. The molecule has 0 aliphatic heterocycles. The van der Waals surface area contributed by atoms with E-state index in [0.717, 1.165) is 11.3 Å². The van der Waals surface area contributed by atoms with Crippen molar-refractivity contribution < 1.29 is 17.4 Å². The number of carbonyl (C=O) groups excluding carboxylic acids is 1. The maximum Gasteiger partial charge on any atom is 0.252 e. The van der Waals surface area contributed by atoms with Crippen LogP contribution in [0.25, 0.3) is 0 Å². The molecule has 0 aromatic carbocycles. The Labute approximate surface area is 118 Å². The van der Waals surface area contributed by atoms with Crippen molar-refractivity contribution in [1.82, 2.24) is 5.32 Å². The monoisotopic (exact) mass is 324 g/mol. The van der Waals surface area contributed by atoms with Crippen LogP contribution in [0.5, 0.6) is 0 Å². The molecule has 1 aromatic rings. The Bertz CT molecular complexity index is 592. The van der Waals surface area contributed by atoms with E-state index >= 15 is 0 Å². The standard InChI is InChI=1S/C10H16N2O4S3/c1-3-18(14)5-4-12-9(13)8-6-17-10(7(8)2)19(11,15)16/h6H,3-5H2,1-2H3,(H,12,13)(H2,11,15,16). The first-order chi connectivity index (χ1) is 8.77. The third kappa shape index (κ3) is 4.37. The quantitative estimate of drug-likeness (QED) is 0.779. The van der Waals surface area contributed by atoms with Gasteiger partial charge in [-0.25, -0.2) is 13.6 Å². The number of nitrogens with two attached hydrogens (primary N) is 1. The third-order valence-corrected chi connectivity index (χ3v) is 6.42. The Hall–Kier alpha value is -0.770. The summed E-state index contributed by atoms with van der Waals surface area (Å²) in [7, 11) is -4.74. The average molecular weight is 324 g/mol. The van der Waals surface area contributed by atoms with Crippen LogP contribution in [0, 0.1) is 6.92 Å². The molecule has 1 unspecified atom stereocenters. The van der Waals surface area contributed by atoms with E-state index in [0.29, 0.717) is 23.6 Å². The molecule has 0 fully saturated rings. The van der Waals surface area contributed by atoms with E-state index in [9.17, 15) is 17.4 Å². The number of hydrogen-bond acceptors (Lipinski definition) is 5. The van der Waals surface area contributed by atoms with Crippen molar-refractivity contribution in [1.29, 1.82) is 0 Å². The SMILES string of the molecule is CCS(=O)CCNC(=O)c1csc(S(N)(=O)=O)c1C. The summed E-state index contributed by atoms with van der Waals surface area (Å²) in [6.45, 7) is 3.63. The zero-order valence-electron chi connectivity index (χ0n) is 10.6. The molecule has 0 spiro atoms. The molecule has 0 aliphatic carbocycles. The van der Waals surface area contributed by atoms with Gasteiger partial charge in [0.1, 0.15) is 4.21 Å². The van der Waals surface area contributed by atoms with Crippen LogP contribution in [0.15, 0.2) is 9.59 Å². The van der Waals surface area contributed by atoms with Crippen LogP contribution in [0.3, 0.4) is 0 Å². The van der Waals surface area contributed by atoms with Crippen molar-refractivity contribution in [3.63, 3.8) is 0 Å². The molecule has 0 saturated carbocycles. The van der Waals surface area contributed by atoms with Gasteiger partial charge in [-0.1, -0.05) is 6.92 Å². The summed E-state index contributed by atoms with van der Waals surface area (Å²) in [6.07, 6.45) is 0. The maximum absolute atomic E-state index is 11.8. The Morgan fingerprint density at radius 2 is 2.16 bits per heavy atom. The molecule has 1 heterocycles. The van der Waals surface area contributed by atoms with Crippen molar-refractivity contribution in [3.05, 3.63) is 16.5 Å². The van der Waals surface area contributed by atoms with Gasteiger partial charge in [0, 0.05) is 34.2 Å². The minimum absolute atomic E-state index is 0.00483. The predicted octanol–water partition coefficient (Wildman–Crippen LogP) is 0.202. The second-order valence-electron chi connectivity index (χ2n) is 3.80. The number of sulfonamides is 1. The van der Waals surface area contributed by atoms with Crippen molar-refractivity contribution in [2.24, 2.45) is 5.14 Å². The highest BCUT2D eigenvalue weighted by Gasteiger charge is 2.20. The van der Waals surface area contributed by atoms with Gasteiger partial charge in [-0.15, -0.1) is 11.3 Å². The van der Waals surface area contributed by atoms with Crippen molar-refractivity contribution in [2.45, 2.75) is 18.1 Å². The third-order valence-electron chi connectivity index (χ3n) is 2.43. The van der Waals surface area contributed by atoms with Gasteiger partial charge in [-0.05, 0) is 12.5 Å². The Morgan fingerprint density at radius 1 is 1.53 bits per heavy atom. The summed E-state index contributed by atoms with van der Waals surface area (Å²) in [6, 6.07) is 0. The van der Waals surface area contributed by atoms with Gasteiger partial charge in [-0.3, -0.25) is 9.00 Å². The lowest BCUT2D eigenvalue weighted by Crippen LogP contribution is -2.28. The van der Waals surface area contributed by atoms with Crippen LogP contribution >= 0.6 is 11.3 Å². The number of rotatable bonds is 6. The van der Waals surface area contributed by atoms with Gasteiger partial charge in [0.2, 0.25) is 10.0 Å². The number of nitrogens with one attached hydrogen (secondary N) is 1. The van der Waals surface area contributed by atoms with E-state index in [2.05, 4.69) is 5.32 Å². The second-order valence-corrected chi connectivity index (χ2v) is 8.30. The Kier molecular flexibility index (Phi) is 5.65. The van der Waals surface area contributed by atoms with E-state index in [1.54, 1.807) is 6.92 Å². The van der Waals surface area contributed by atoms with Gasteiger partial charge in [0.05, 0.1) is 5.56 Å². The summed E-state index contributed by atoms with van der Waals surface area (Å²) < 4.78 is 33.7. The molecule has 9 heteroatoms. The van der Waals surface area contributed by atoms with Gasteiger partial charge in [0.15, 0.2) is 0 Å². The number of carbonyl (C=O) groups is 1. The molecule has 0 aliphatic rings. The number of hydrogen-bond donors (Lipinski definition) is 2. The van der Waals surface area contributed by atoms with Crippen molar-refractivity contribution in [2.75, 3.05) is 18.1 Å². The van der Waals surface area contributed by atoms with Crippen molar-refractivity contribution in [3.8, 4) is 0 Å². The van der Waals surface area contributed by atoms with Crippen LogP contribution in [-0.4, -0.2) is 36.6 Å². The van der Waals surface area contributed by atoms with Crippen LogP contribution in [0.2, 0.25) is 0 Å². The summed E-state index contributed by atoms with van der Waals surface area (Å²) in [5, 5.41) is 9.11. The van der Waals surface area contributed by atoms with E-state index in [1.807, 2.05) is 0 Å². The molecule has 0 radical (unpaired) electrons. The molecule has 108 valence electrons. The molecular formula is C10H16N2O4S3. The topological polar surface area (TPSA) is 106 Å². The first kappa shape index (κ1) is 16.3. The maximum atomic E-state index is 11.8. The molecule has 1 amide bonds. The summed E-state index contributed by atoms with van der Waals surface area (Å²) >= 11 is 0.922. The zero-order valence-corrected chi connectivity index (χ0v) is 13.1. The number of primary sulfonamides is 1. The van der Waals surface area contributed by atoms with Crippen LogP contribution in [0.1, 0.15) is 22.8 Å². The molecule has 0 bridgehead atoms. The fraction of sp³-hybridized carbons (Fsp3) is 0.500. The largest absolute Gasteiger partial charge is 0.351 e. The van der Waals surface area contributed by atoms with E-state index < -0.39 is 20.8 Å². The van der Waals surface area contributed by atoms with E-state index in [4.69, 9.17) is 5.14 Å². The molecule has 3 N–H and O–H groups in total. The molecule has 1 rings (SSSR count).